The Labute approximate surface area is 126 Å². The summed E-state index contributed by atoms with van der Waals surface area (Å²) in [4.78, 5) is 8.27. The maximum atomic E-state index is 13.6. The summed E-state index contributed by atoms with van der Waals surface area (Å²) in [5.41, 5.74) is 0.917. The Morgan fingerprint density at radius 2 is 1.86 bits per heavy atom. The minimum absolute atomic E-state index is 0.188. The van der Waals surface area contributed by atoms with Gasteiger partial charge in [-0.2, -0.15) is 0 Å². The van der Waals surface area contributed by atoms with E-state index in [0.29, 0.717) is 17.1 Å². The Morgan fingerprint density at radius 3 is 2.57 bits per heavy atom. The van der Waals surface area contributed by atoms with Crippen LogP contribution in [-0.2, 0) is 0 Å². The molecule has 3 rings (SSSR count). The molecule has 106 valence electrons. The smallest absolute Gasteiger partial charge is 0.181 e. The molecule has 0 fully saturated rings. The van der Waals surface area contributed by atoms with Crippen LogP contribution in [0.4, 0.5) is 4.39 Å². The Bertz CT molecular complexity index is 813. The van der Waals surface area contributed by atoms with Crippen molar-refractivity contribution in [3.05, 3.63) is 53.1 Å². The van der Waals surface area contributed by atoms with Crippen molar-refractivity contribution in [3.63, 3.8) is 0 Å². The van der Waals surface area contributed by atoms with Gasteiger partial charge in [-0.1, -0.05) is 41.9 Å². The summed E-state index contributed by atoms with van der Waals surface area (Å²) >= 11 is 5.85. The molecule has 0 saturated carbocycles. The lowest BCUT2D eigenvalue weighted by molar-refractivity contribution is 0.416. The maximum absolute atomic E-state index is 13.6. The number of rotatable bonds is 2. The second-order valence-corrected chi connectivity index (χ2v) is 4.96. The summed E-state index contributed by atoms with van der Waals surface area (Å²) in [6, 6.07) is 11.6. The van der Waals surface area contributed by atoms with Crippen molar-refractivity contribution in [2.75, 3.05) is 7.11 Å². The standard InChI is InChI=1S/C16H12ClFN2O/c1-9-14(18)15(17)20-16(19-9)13-11-6-4-3-5-10(11)7-8-12(13)21-2/h3-8H,1-2H3. The van der Waals surface area contributed by atoms with Crippen LogP contribution < -0.4 is 4.74 Å². The highest BCUT2D eigenvalue weighted by Crippen LogP contribution is 2.36. The van der Waals surface area contributed by atoms with Gasteiger partial charge in [0.2, 0.25) is 0 Å². The number of hydrogen-bond acceptors (Lipinski definition) is 3. The number of aryl methyl sites for hydroxylation is 1. The molecule has 0 aliphatic carbocycles. The summed E-state index contributed by atoms with van der Waals surface area (Å²) < 4.78 is 19.0. The van der Waals surface area contributed by atoms with Crippen molar-refractivity contribution in [1.82, 2.24) is 9.97 Å². The Morgan fingerprint density at radius 1 is 1.10 bits per heavy atom. The van der Waals surface area contributed by atoms with Crippen molar-refractivity contribution in [3.8, 4) is 17.1 Å². The Kier molecular flexibility index (Phi) is 3.47. The number of ether oxygens (including phenoxy) is 1. The molecule has 0 saturated heterocycles. The number of halogens is 2. The lowest BCUT2D eigenvalue weighted by Gasteiger charge is -2.12. The van der Waals surface area contributed by atoms with Gasteiger partial charge in [0, 0.05) is 0 Å². The first-order valence-electron chi connectivity index (χ1n) is 6.37. The minimum Gasteiger partial charge on any atom is -0.496 e. The van der Waals surface area contributed by atoms with Gasteiger partial charge in [-0.3, -0.25) is 0 Å². The highest BCUT2D eigenvalue weighted by Gasteiger charge is 2.17. The fraction of sp³-hybridized carbons (Fsp3) is 0.125. The molecular weight excluding hydrogens is 291 g/mol. The molecule has 0 N–H and O–H groups in total. The predicted octanol–water partition coefficient (Wildman–Crippen LogP) is 4.41. The third kappa shape index (κ3) is 2.32. The number of benzene rings is 2. The number of hydrogen-bond donors (Lipinski definition) is 0. The molecule has 0 radical (unpaired) electrons. The van der Waals surface area contributed by atoms with E-state index in [9.17, 15) is 4.39 Å². The van der Waals surface area contributed by atoms with Gasteiger partial charge in [-0.25, -0.2) is 14.4 Å². The van der Waals surface area contributed by atoms with E-state index < -0.39 is 5.82 Å². The van der Waals surface area contributed by atoms with Crippen LogP contribution >= 0.6 is 11.6 Å². The third-order valence-corrected chi connectivity index (χ3v) is 3.56. The Balaban J connectivity index is 2.38. The van der Waals surface area contributed by atoms with Gasteiger partial charge in [0.1, 0.15) is 5.75 Å². The van der Waals surface area contributed by atoms with Crippen molar-refractivity contribution >= 4 is 22.4 Å². The van der Waals surface area contributed by atoms with Crippen LogP contribution in [0.1, 0.15) is 5.69 Å². The maximum Gasteiger partial charge on any atom is 0.181 e. The zero-order valence-corrected chi connectivity index (χ0v) is 12.3. The molecule has 0 aliphatic heterocycles. The van der Waals surface area contributed by atoms with E-state index in [4.69, 9.17) is 16.3 Å². The fourth-order valence-electron chi connectivity index (χ4n) is 2.29. The molecule has 0 aliphatic rings. The van der Waals surface area contributed by atoms with Gasteiger partial charge in [0.05, 0.1) is 18.4 Å². The van der Waals surface area contributed by atoms with Gasteiger partial charge in [0.15, 0.2) is 16.8 Å². The van der Waals surface area contributed by atoms with Gasteiger partial charge in [-0.05, 0) is 23.8 Å². The van der Waals surface area contributed by atoms with Crippen LogP contribution in [-0.4, -0.2) is 17.1 Å². The van der Waals surface area contributed by atoms with E-state index in [1.54, 1.807) is 14.0 Å². The monoisotopic (exact) mass is 302 g/mol. The van der Waals surface area contributed by atoms with Crippen LogP contribution in [0, 0.1) is 12.7 Å². The molecular formula is C16H12ClFN2O. The highest BCUT2D eigenvalue weighted by molar-refractivity contribution is 6.29. The first-order valence-corrected chi connectivity index (χ1v) is 6.75. The number of fused-ring (bicyclic) bond motifs is 1. The van der Waals surface area contributed by atoms with Crippen molar-refractivity contribution in [2.45, 2.75) is 6.92 Å². The molecule has 0 amide bonds. The normalized spacial score (nSPS) is 10.9. The second-order valence-electron chi connectivity index (χ2n) is 4.60. The Hall–Kier alpha value is -2.20. The van der Waals surface area contributed by atoms with Crippen LogP contribution in [0.3, 0.4) is 0 Å². The van der Waals surface area contributed by atoms with Gasteiger partial charge < -0.3 is 4.74 Å². The second kappa shape index (κ2) is 5.30. The lowest BCUT2D eigenvalue weighted by atomic mass is 10.0. The van der Waals surface area contributed by atoms with Gasteiger partial charge in [-0.15, -0.1) is 0 Å². The zero-order chi connectivity index (χ0) is 15.0. The summed E-state index contributed by atoms with van der Waals surface area (Å²) in [5, 5.41) is 1.77. The number of nitrogens with zero attached hydrogens (tertiary/aromatic N) is 2. The van der Waals surface area contributed by atoms with E-state index in [1.165, 1.54) is 0 Å². The van der Waals surface area contributed by atoms with E-state index in [-0.39, 0.29) is 10.8 Å². The summed E-state index contributed by atoms with van der Waals surface area (Å²) in [6.45, 7) is 1.56. The highest BCUT2D eigenvalue weighted by atomic mass is 35.5. The van der Waals surface area contributed by atoms with E-state index >= 15 is 0 Å². The summed E-state index contributed by atoms with van der Waals surface area (Å²) in [6.07, 6.45) is 0. The topological polar surface area (TPSA) is 35.0 Å². The first kappa shape index (κ1) is 13.8. The van der Waals surface area contributed by atoms with Crippen LogP contribution in [0.25, 0.3) is 22.2 Å². The number of methoxy groups -OCH3 is 1. The summed E-state index contributed by atoms with van der Waals surface area (Å²) in [7, 11) is 1.57. The average Bonchev–Trinajstić information content (AvgIpc) is 2.51. The summed E-state index contributed by atoms with van der Waals surface area (Å²) in [5.74, 6) is 0.378. The van der Waals surface area contributed by atoms with Crippen LogP contribution in [0.15, 0.2) is 36.4 Å². The molecule has 0 spiro atoms. The van der Waals surface area contributed by atoms with Crippen molar-refractivity contribution in [1.29, 1.82) is 0 Å². The predicted molar refractivity (Wildman–Crippen MR) is 81.2 cm³/mol. The largest absolute Gasteiger partial charge is 0.496 e. The van der Waals surface area contributed by atoms with Crippen molar-refractivity contribution in [2.24, 2.45) is 0 Å². The van der Waals surface area contributed by atoms with E-state index in [0.717, 1.165) is 10.8 Å². The lowest BCUT2D eigenvalue weighted by Crippen LogP contribution is -1.99. The molecule has 0 bridgehead atoms. The van der Waals surface area contributed by atoms with Gasteiger partial charge in [0.25, 0.3) is 0 Å². The minimum atomic E-state index is -0.598. The fourth-order valence-corrected chi connectivity index (χ4v) is 2.51. The van der Waals surface area contributed by atoms with Gasteiger partial charge >= 0.3 is 0 Å². The molecule has 1 heterocycles. The van der Waals surface area contributed by atoms with E-state index in [2.05, 4.69) is 9.97 Å². The van der Waals surface area contributed by atoms with Crippen LogP contribution in [0.5, 0.6) is 5.75 Å². The molecule has 3 nitrogen and oxygen atoms in total. The van der Waals surface area contributed by atoms with Crippen molar-refractivity contribution < 1.29 is 9.13 Å². The zero-order valence-electron chi connectivity index (χ0n) is 11.5. The molecule has 0 atom stereocenters. The molecule has 0 unspecified atom stereocenters. The van der Waals surface area contributed by atoms with Crippen LogP contribution in [0.2, 0.25) is 5.15 Å². The molecule has 3 aromatic rings. The molecule has 21 heavy (non-hydrogen) atoms. The molecule has 5 heteroatoms. The SMILES string of the molecule is COc1ccc2ccccc2c1-c1nc(C)c(F)c(Cl)n1. The first-order chi connectivity index (χ1) is 10.1. The van der Waals surface area contributed by atoms with E-state index in [1.807, 2.05) is 36.4 Å². The molecule has 2 aromatic carbocycles. The average molecular weight is 303 g/mol. The number of aromatic nitrogens is 2. The molecule has 1 aromatic heterocycles. The third-order valence-electron chi connectivity index (χ3n) is 3.31. The quantitative estimate of drug-likeness (QED) is 0.658.